The van der Waals surface area contributed by atoms with E-state index in [1.165, 1.54) is 6.07 Å². The van der Waals surface area contributed by atoms with Gasteiger partial charge in [0.15, 0.2) is 5.75 Å². The Morgan fingerprint density at radius 3 is 2.63 bits per heavy atom. The minimum absolute atomic E-state index is 0.0416. The summed E-state index contributed by atoms with van der Waals surface area (Å²) >= 11 is 0. The number of aromatic nitrogens is 3. The number of nitrogens with one attached hydrogen (secondary N) is 1. The lowest BCUT2D eigenvalue weighted by molar-refractivity contribution is -0.0493. The zero-order valence-corrected chi connectivity index (χ0v) is 20.2. The molecule has 4 rings (SSSR count). The molecule has 35 heavy (non-hydrogen) atoms. The molecule has 2 aromatic carbocycles. The van der Waals surface area contributed by atoms with Crippen molar-refractivity contribution in [2.45, 2.75) is 6.61 Å². The molecule has 2 heterocycles. The fourth-order valence-electron chi connectivity index (χ4n) is 3.91. The number of fused-ring (bicyclic) bond motifs is 1. The van der Waals surface area contributed by atoms with E-state index in [4.69, 9.17) is 10.5 Å². The molecule has 0 amide bonds. The molecule has 0 radical (unpaired) electrons. The van der Waals surface area contributed by atoms with Crippen LogP contribution in [-0.2, 0) is 7.05 Å². The molecular formula is C25H29F2N7O. The first-order chi connectivity index (χ1) is 16.7. The quantitative estimate of drug-likeness (QED) is 0.339. The van der Waals surface area contributed by atoms with Crippen LogP contribution in [0.2, 0.25) is 0 Å². The van der Waals surface area contributed by atoms with Crippen LogP contribution >= 0.6 is 0 Å². The van der Waals surface area contributed by atoms with Gasteiger partial charge < -0.3 is 30.2 Å². The van der Waals surface area contributed by atoms with Crippen LogP contribution < -0.4 is 20.7 Å². The van der Waals surface area contributed by atoms with E-state index in [2.05, 4.69) is 15.3 Å². The first-order valence-corrected chi connectivity index (χ1v) is 11.1. The van der Waals surface area contributed by atoms with Crippen molar-refractivity contribution in [1.82, 2.24) is 19.4 Å². The molecule has 0 atom stereocenters. The molecule has 0 unspecified atom stereocenters. The first-order valence-electron chi connectivity index (χ1n) is 11.1. The monoisotopic (exact) mass is 481 g/mol. The number of rotatable bonds is 9. The van der Waals surface area contributed by atoms with E-state index in [9.17, 15) is 8.78 Å². The second-order valence-corrected chi connectivity index (χ2v) is 8.57. The van der Waals surface area contributed by atoms with Crippen molar-refractivity contribution >= 4 is 33.9 Å². The molecule has 10 heteroatoms. The number of hydrogen-bond acceptors (Lipinski definition) is 7. The molecule has 0 fully saturated rings. The highest BCUT2D eigenvalue weighted by molar-refractivity contribution is 5.95. The molecule has 8 nitrogen and oxygen atoms in total. The number of aryl methyl sites for hydroxylation is 1. The number of halogens is 2. The second kappa shape index (κ2) is 10.1. The van der Waals surface area contributed by atoms with Gasteiger partial charge in [-0.15, -0.1) is 0 Å². The van der Waals surface area contributed by atoms with E-state index in [1.54, 1.807) is 18.3 Å². The molecular weight excluding hydrogens is 452 g/mol. The third-order valence-electron chi connectivity index (χ3n) is 5.71. The summed E-state index contributed by atoms with van der Waals surface area (Å²) in [7, 11) is 7.75. The Labute approximate surface area is 202 Å². The van der Waals surface area contributed by atoms with Gasteiger partial charge in [0.2, 0.25) is 5.95 Å². The summed E-state index contributed by atoms with van der Waals surface area (Å²) in [5.41, 5.74) is 10.3. The first kappa shape index (κ1) is 24.2. The zero-order valence-electron chi connectivity index (χ0n) is 20.2. The maximum Gasteiger partial charge on any atom is 0.387 e. The maximum atomic E-state index is 13.2. The summed E-state index contributed by atoms with van der Waals surface area (Å²) in [4.78, 5) is 12.8. The lowest BCUT2D eigenvalue weighted by Gasteiger charge is -2.24. The average Bonchev–Trinajstić information content (AvgIpc) is 3.16. The van der Waals surface area contributed by atoms with Crippen LogP contribution in [0.25, 0.3) is 22.2 Å². The molecule has 0 bridgehead atoms. The Morgan fingerprint density at radius 1 is 1.11 bits per heavy atom. The van der Waals surface area contributed by atoms with Crippen molar-refractivity contribution < 1.29 is 13.5 Å². The summed E-state index contributed by atoms with van der Waals surface area (Å²) < 4.78 is 33.3. The Hall–Kier alpha value is -3.92. The van der Waals surface area contributed by atoms with Crippen molar-refractivity contribution in [2.75, 3.05) is 50.2 Å². The number of nitrogens with zero attached hydrogens (tertiary/aromatic N) is 5. The van der Waals surface area contributed by atoms with E-state index in [0.717, 1.165) is 23.0 Å². The van der Waals surface area contributed by atoms with Crippen molar-refractivity contribution in [3.8, 4) is 17.0 Å². The van der Waals surface area contributed by atoms with Crippen molar-refractivity contribution in [1.29, 1.82) is 0 Å². The topological polar surface area (TPSA) is 84.5 Å². The van der Waals surface area contributed by atoms with Gasteiger partial charge in [-0.1, -0.05) is 18.2 Å². The lowest BCUT2D eigenvalue weighted by atomic mass is 10.1. The van der Waals surface area contributed by atoms with E-state index in [1.807, 2.05) is 73.0 Å². The van der Waals surface area contributed by atoms with E-state index in [-0.39, 0.29) is 17.4 Å². The number of benzene rings is 2. The predicted octanol–water partition coefficient (Wildman–Crippen LogP) is 4.56. The number of nitrogens with two attached hydrogens (primary N) is 1. The number of nitrogen functional groups attached to an aromatic ring is 1. The number of ether oxygens (including phenoxy) is 1. The van der Waals surface area contributed by atoms with Crippen LogP contribution in [0.5, 0.6) is 5.75 Å². The molecule has 0 aliphatic heterocycles. The lowest BCUT2D eigenvalue weighted by Crippen LogP contribution is -2.29. The minimum Gasteiger partial charge on any atom is -0.433 e. The van der Waals surface area contributed by atoms with Crippen LogP contribution in [0.1, 0.15) is 0 Å². The highest BCUT2D eigenvalue weighted by Crippen LogP contribution is 2.37. The molecule has 2 aromatic heterocycles. The van der Waals surface area contributed by atoms with Gasteiger partial charge >= 0.3 is 6.61 Å². The van der Waals surface area contributed by atoms with Gasteiger partial charge in [-0.05, 0) is 32.3 Å². The molecule has 4 aromatic rings. The van der Waals surface area contributed by atoms with Crippen LogP contribution in [-0.4, -0.2) is 60.3 Å². The molecule has 0 saturated carbocycles. The Bertz CT molecular complexity index is 1320. The highest BCUT2D eigenvalue weighted by Gasteiger charge is 2.17. The van der Waals surface area contributed by atoms with Crippen LogP contribution in [0, 0.1) is 0 Å². The fourth-order valence-corrected chi connectivity index (χ4v) is 3.91. The van der Waals surface area contributed by atoms with Gasteiger partial charge in [-0.25, -0.2) is 9.97 Å². The number of anilines is 4. The molecule has 184 valence electrons. The third kappa shape index (κ3) is 5.43. The van der Waals surface area contributed by atoms with Crippen molar-refractivity contribution in [2.24, 2.45) is 7.05 Å². The average molecular weight is 482 g/mol. The number of hydrogen-bond donors (Lipinski definition) is 2. The summed E-state index contributed by atoms with van der Waals surface area (Å²) in [5.74, 6) is 0.197. The van der Waals surface area contributed by atoms with Crippen LogP contribution in [0.3, 0.4) is 0 Å². The molecule has 0 saturated heterocycles. The smallest absolute Gasteiger partial charge is 0.387 e. The highest BCUT2D eigenvalue weighted by atomic mass is 19.3. The van der Waals surface area contributed by atoms with Gasteiger partial charge in [0.05, 0.1) is 22.8 Å². The minimum atomic E-state index is -3.00. The summed E-state index contributed by atoms with van der Waals surface area (Å²) in [6, 6.07) is 12.9. The number of alkyl halides is 2. The zero-order chi connectivity index (χ0) is 25.1. The Morgan fingerprint density at radius 2 is 1.89 bits per heavy atom. The number of para-hydroxylation sites is 1. The Kier molecular flexibility index (Phi) is 7.02. The summed E-state index contributed by atoms with van der Waals surface area (Å²) in [5, 5.41) is 4.06. The van der Waals surface area contributed by atoms with Crippen LogP contribution in [0.15, 0.2) is 54.9 Å². The standard InChI is InChI=1S/C25H29F2N7O/c1-32(2)11-12-33(3)22-14-23(35-24(26)27)20(13-18(22)28)31-25-29-10-9-19(30-25)17-15-34(4)21-8-6-5-7-16(17)21/h5-10,13-15,24H,11-12,28H2,1-4H3,(H,29,30,31). The van der Waals surface area contributed by atoms with E-state index < -0.39 is 6.61 Å². The van der Waals surface area contributed by atoms with E-state index in [0.29, 0.717) is 23.6 Å². The van der Waals surface area contributed by atoms with Crippen molar-refractivity contribution in [3.05, 3.63) is 54.9 Å². The SMILES string of the molecule is CN(C)CCN(C)c1cc(OC(F)F)c(Nc2nccc(-c3cn(C)c4ccccc34)n2)cc1N. The molecule has 3 N–H and O–H groups in total. The normalized spacial score (nSPS) is 11.4. The summed E-state index contributed by atoms with van der Waals surface area (Å²) in [6.07, 6.45) is 3.62. The molecule has 0 aliphatic carbocycles. The van der Waals surface area contributed by atoms with Gasteiger partial charge in [-0.2, -0.15) is 8.78 Å². The number of likely N-dealkylation sites (N-methyl/N-ethyl adjacent to an activating group) is 2. The third-order valence-corrected chi connectivity index (χ3v) is 5.71. The van der Waals surface area contributed by atoms with Gasteiger partial charge in [-0.3, -0.25) is 0 Å². The molecule has 0 spiro atoms. The summed E-state index contributed by atoms with van der Waals surface area (Å²) in [6.45, 7) is -1.56. The second-order valence-electron chi connectivity index (χ2n) is 8.57. The predicted molar refractivity (Wildman–Crippen MR) is 137 cm³/mol. The van der Waals surface area contributed by atoms with Crippen molar-refractivity contribution in [3.63, 3.8) is 0 Å². The van der Waals surface area contributed by atoms with Gasteiger partial charge in [0, 0.05) is 62.1 Å². The Balaban J connectivity index is 1.67. The van der Waals surface area contributed by atoms with Gasteiger partial charge in [0.1, 0.15) is 0 Å². The fraction of sp³-hybridized carbons (Fsp3) is 0.280. The van der Waals surface area contributed by atoms with Gasteiger partial charge in [0.25, 0.3) is 0 Å². The molecule has 0 aliphatic rings. The van der Waals surface area contributed by atoms with E-state index >= 15 is 0 Å². The van der Waals surface area contributed by atoms with Crippen LogP contribution in [0.4, 0.5) is 31.8 Å². The largest absolute Gasteiger partial charge is 0.433 e. The maximum absolute atomic E-state index is 13.2.